The fourth-order valence-corrected chi connectivity index (χ4v) is 2.30. The predicted molar refractivity (Wildman–Crippen MR) is 66.2 cm³/mol. The molecule has 112 valence electrons. The van der Waals surface area contributed by atoms with Crippen molar-refractivity contribution in [2.24, 2.45) is 0 Å². The molecule has 1 aromatic rings. The van der Waals surface area contributed by atoms with Gasteiger partial charge in [0.2, 0.25) is 0 Å². The SMILES string of the molecule is CCN1CN(Cl)C(OC)(c2cccc(C(F)(F)F)c2)O1. The number of hydroxylamine groups is 2. The second kappa shape index (κ2) is 5.50. The number of methoxy groups -OCH3 is 1. The van der Waals surface area contributed by atoms with E-state index < -0.39 is 17.7 Å². The maximum Gasteiger partial charge on any atom is 0.416 e. The molecule has 0 amide bonds. The minimum absolute atomic E-state index is 0.181. The molecule has 1 aliphatic heterocycles. The van der Waals surface area contributed by atoms with Crippen molar-refractivity contribution in [3.63, 3.8) is 0 Å². The van der Waals surface area contributed by atoms with Gasteiger partial charge in [-0.25, -0.2) is 4.84 Å². The van der Waals surface area contributed by atoms with Crippen molar-refractivity contribution in [3.05, 3.63) is 35.4 Å². The van der Waals surface area contributed by atoms with Gasteiger partial charge in [0.05, 0.1) is 12.2 Å². The topological polar surface area (TPSA) is 24.9 Å². The first-order valence-electron chi connectivity index (χ1n) is 5.94. The molecule has 0 N–H and O–H groups in total. The number of hydrogen-bond acceptors (Lipinski definition) is 4. The highest BCUT2D eigenvalue weighted by atomic mass is 35.5. The van der Waals surface area contributed by atoms with Crippen LogP contribution in [0.25, 0.3) is 0 Å². The van der Waals surface area contributed by atoms with Crippen LogP contribution >= 0.6 is 11.8 Å². The highest BCUT2D eigenvalue weighted by molar-refractivity contribution is 6.13. The molecule has 4 nitrogen and oxygen atoms in total. The second-order valence-electron chi connectivity index (χ2n) is 4.26. The molecule has 0 radical (unpaired) electrons. The second-order valence-corrected chi connectivity index (χ2v) is 4.67. The number of hydrogen-bond donors (Lipinski definition) is 0. The van der Waals surface area contributed by atoms with E-state index in [-0.39, 0.29) is 12.2 Å². The molecule has 1 unspecified atom stereocenters. The van der Waals surface area contributed by atoms with Gasteiger partial charge in [-0.3, -0.25) is 0 Å². The van der Waals surface area contributed by atoms with Crippen LogP contribution in [-0.2, 0) is 21.7 Å². The maximum absolute atomic E-state index is 12.8. The summed E-state index contributed by atoms with van der Waals surface area (Å²) in [6.45, 7) is 2.57. The standard InChI is InChI=1S/C12H14ClF3N2O2/c1-3-17-8-18(13)12(19-2,20-17)10-6-4-5-9(7-10)11(14,15)16/h4-7H,3,8H2,1-2H3. The van der Waals surface area contributed by atoms with Crippen LogP contribution in [0, 0.1) is 0 Å². The number of halogens is 4. The summed E-state index contributed by atoms with van der Waals surface area (Å²) in [6, 6.07) is 4.73. The third-order valence-corrected chi connectivity index (χ3v) is 3.37. The van der Waals surface area contributed by atoms with E-state index in [4.69, 9.17) is 21.4 Å². The number of ether oxygens (including phenoxy) is 1. The quantitative estimate of drug-likeness (QED) is 0.801. The van der Waals surface area contributed by atoms with E-state index >= 15 is 0 Å². The molecule has 1 aliphatic rings. The summed E-state index contributed by atoms with van der Waals surface area (Å²) in [6.07, 6.45) is -4.44. The van der Waals surface area contributed by atoms with Crippen molar-refractivity contribution in [2.75, 3.05) is 20.3 Å². The summed E-state index contributed by atoms with van der Waals surface area (Å²) in [5, 5.41) is 1.50. The van der Waals surface area contributed by atoms with E-state index in [1.54, 1.807) is 0 Å². The predicted octanol–water partition coefficient (Wildman–Crippen LogP) is 3.14. The minimum atomic E-state index is -4.44. The summed E-state index contributed by atoms with van der Waals surface area (Å²) in [5.74, 6) is -1.56. The van der Waals surface area contributed by atoms with Crippen LogP contribution in [0.1, 0.15) is 18.1 Å². The first kappa shape index (κ1) is 15.5. The lowest BCUT2D eigenvalue weighted by Gasteiger charge is -2.30. The molecular weight excluding hydrogens is 297 g/mol. The molecule has 2 rings (SSSR count). The molecule has 1 atom stereocenters. The van der Waals surface area contributed by atoms with Gasteiger partial charge in [0.25, 0.3) is 5.91 Å². The Morgan fingerprint density at radius 1 is 1.45 bits per heavy atom. The Morgan fingerprint density at radius 2 is 2.15 bits per heavy atom. The Morgan fingerprint density at radius 3 is 2.65 bits per heavy atom. The lowest BCUT2D eigenvalue weighted by Crippen LogP contribution is -2.38. The molecule has 1 aromatic carbocycles. The highest BCUT2D eigenvalue weighted by Gasteiger charge is 2.49. The van der Waals surface area contributed by atoms with Crippen molar-refractivity contribution in [1.82, 2.24) is 9.48 Å². The van der Waals surface area contributed by atoms with Crippen LogP contribution in [0.2, 0.25) is 0 Å². The Kier molecular flexibility index (Phi) is 4.27. The van der Waals surface area contributed by atoms with E-state index in [9.17, 15) is 13.2 Å². The third-order valence-electron chi connectivity index (χ3n) is 3.04. The van der Waals surface area contributed by atoms with Gasteiger partial charge in [-0.1, -0.05) is 19.1 Å². The number of rotatable bonds is 3. The normalized spacial score (nSPS) is 25.3. The average molecular weight is 311 g/mol. The molecule has 0 bridgehead atoms. The molecule has 1 saturated heterocycles. The molecule has 1 heterocycles. The van der Waals surface area contributed by atoms with Crippen molar-refractivity contribution >= 4 is 11.8 Å². The largest absolute Gasteiger partial charge is 0.416 e. The van der Waals surface area contributed by atoms with Gasteiger partial charge in [-0.2, -0.15) is 18.2 Å². The van der Waals surface area contributed by atoms with Crippen LogP contribution in [0.5, 0.6) is 0 Å². The molecule has 1 fully saturated rings. The molecule has 0 aromatic heterocycles. The lowest BCUT2D eigenvalue weighted by molar-refractivity contribution is -0.323. The van der Waals surface area contributed by atoms with E-state index in [0.29, 0.717) is 6.54 Å². The summed E-state index contributed by atoms with van der Waals surface area (Å²) in [4.78, 5) is 5.55. The van der Waals surface area contributed by atoms with Crippen LogP contribution in [-0.4, -0.2) is 29.8 Å². The van der Waals surface area contributed by atoms with Crippen LogP contribution < -0.4 is 0 Å². The first-order valence-corrected chi connectivity index (χ1v) is 6.27. The molecule has 0 saturated carbocycles. The minimum Gasteiger partial charge on any atom is -0.335 e. The van der Waals surface area contributed by atoms with E-state index in [1.807, 2.05) is 6.92 Å². The molecule has 0 spiro atoms. The monoisotopic (exact) mass is 310 g/mol. The van der Waals surface area contributed by atoms with Gasteiger partial charge in [-0.05, 0) is 23.9 Å². The maximum atomic E-state index is 12.8. The van der Waals surface area contributed by atoms with Gasteiger partial charge in [-0.15, -0.1) is 4.42 Å². The van der Waals surface area contributed by atoms with Gasteiger partial charge in [0, 0.05) is 19.2 Å². The Labute approximate surface area is 119 Å². The number of nitrogens with zero attached hydrogens (tertiary/aromatic N) is 2. The molecule has 20 heavy (non-hydrogen) atoms. The van der Waals surface area contributed by atoms with Crippen LogP contribution in [0.3, 0.4) is 0 Å². The molecular formula is C12H14ClF3N2O2. The Hall–Kier alpha value is -0.860. The zero-order valence-electron chi connectivity index (χ0n) is 10.9. The van der Waals surface area contributed by atoms with Crippen LogP contribution in [0.15, 0.2) is 24.3 Å². The zero-order chi connectivity index (χ0) is 15.0. The Balaban J connectivity index is 2.42. The van der Waals surface area contributed by atoms with Crippen molar-refractivity contribution in [2.45, 2.75) is 19.0 Å². The van der Waals surface area contributed by atoms with Gasteiger partial charge in [0.1, 0.15) is 0 Å². The highest BCUT2D eigenvalue weighted by Crippen LogP contribution is 2.40. The lowest BCUT2D eigenvalue weighted by atomic mass is 10.1. The summed E-state index contributed by atoms with van der Waals surface area (Å²) in [5.41, 5.74) is -0.601. The fraction of sp³-hybridized carbons (Fsp3) is 0.500. The average Bonchev–Trinajstić information content (AvgIpc) is 2.75. The molecule has 8 heteroatoms. The summed E-state index contributed by atoms with van der Waals surface area (Å²) in [7, 11) is 1.33. The van der Waals surface area contributed by atoms with Crippen molar-refractivity contribution in [1.29, 1.82) is 0 Å². The number of benzene rings is 1. The van der Waals surface area contributed by atoms with Crippen molar-refractivity contribution < 1.29 is 22.7 Å². The van der Waals surface area contributed by atoms with E-state index in [0.717, 1.165) is 12.1 Å². The molecule has 0 aliphatic carbocycles. The van der Waals surface area contributed by atoms with Gasteiger partial charge >= 0.3 is 6.18 Å². The summed E-state index contributed by atoms with van der Waals surface area (Å²) >= 11 is 6.07. The van der Waals surface area contributed by atoms with E-state index in [1.165, 1.54) is 28.7 Å². The number of alkyl halides is 3. The zero-order valence-corrected chi connectivity index (χ0v) is 11.7. The Bertz CT molecular complexity index is 486. The smallest absolute Gasteiger partial charge is 0.335 e. The third kappa shape index (κ3) is 2.64. The van der Waals surface area contributed by atoms with Gasteiger partial charge in [0.15, 0.2) is 0 Å². The van der Waals surface area contributed by atoms with E-state index in [2.05, 4.69) is 0 Å². The summed E-state index contributed by atoms with van der Waals surface area (Å²) < 4.78 is 44.8. The first-order chi connectivity index (χ1) is 9.33. The van der Waals surface area contributed by atoms with Crippen LogP contribution in [0.4, 0.5) is 13.2 Å². The van der Waals surface area contributed by atoms with Gasteiger partial charge < -0.3 is 4.74 Å². The van der Waals surface area contributed by atoms with Crippen molar-refractivity contribution in [3.8, 4) is 0 Å². The fourth-order valence-electron chi connectivity index (χ4n) is 1.98.